The molecule has 0 aromatic heterocycles. The molecular formula is C16H25NO3. The topological polar surface area (TPSA) is 57.6 Å². The summed E-state index contributed by atoms with van der Waals surface area (Å²) in [7, 11) is 0. The number of hydrogen-bond acceptors (Lipinski definition) is 2. The predicted octanol–water partition coefficient (Wildman–Crippen LogP) is 2.38. The molecule has 3 atom stereocenters. The monoisotopic (exact) mass is 279 g/mol. The molecule has 1 amide bonds. The third-order valence-electron chi connectivity index (χ3n) is 5.90. The average molecular weight is 279 g/mol. The van der Waals surface area contributed by atoms with Gasteiger partial charge in [-0.1, -0.05) is 0 Å². The van der Waals surface area contributed by atoms with Crippen molar-refractivity contribution in [3.63, 3.8) is 0 Å². The van der Waals surface area contributed by atoms with Crippen molar-refractivity contribution in [2.45, 2.75) is 46.0 Å². The zero-order chi connectivity index (χ0) is 14.5. The van der Waals surface area contributed by atoms with Crippen LogP contribution in [0, 0.1) is 29.1 Å². The van der Waals surface area contributed by atoms with Crippen molar-refractivity contribution in [1.29, 1.82) is 0 Å². The van der Waals surface area contributed by atoms with Crippen LogP contribution in [0.2, 0.25) is 0 Å². The molecule has 4 heteroatoms. The summed E-state index contributed by atoms with van der Waals surface area (Å²) in [5.41, 5.74) is -0.739. The molecule has 20 heavy (non-hydrogen) atoms. The molecule has 3 aliphatic rings. The maximum Gasteiger partial charge on any atom is 0.309 e. The van der Waals surface area contributed by atoms with Gasteiger partial charge in [0.05, 0.1) is 5.41 Å². The highest BCUT2D eigenvalue weighted by molar-refractivity contribution is 5.80. The molecule has 1 aliphatic heterocycles. The Hall–Kier alpha value is -1.06. The van der Waals surface area contributed by atoms with Crippen LogP contribution in [0.3, 0.4) is 0 Å². The lowest BCUT2D eigenvalue weighted by atomic mass is 9.74. The molecule has 0 radical (unpaired) electrons. The molecule has 3 unspecified atom stereocenters. The first kappa shape index (κ1) is 13.9. The van der Waals surface area contributed by atoms with Crippen LogP contribution < -0.4 is 0 Å². The van der Waals surface area contributed by atoms with Crippen molar-refractivity contribution in [3.05, 3.63) is 0 Å². The zero-order valence-corrected chi connectivity index (χ0v) is 12.5. The molecule has 0 aromatic rings. The fourth-order valence-electron chi connectivity index (χ4n) is 4.12. The molecule has 112 valence electrons. The summed E-state index contributed by atoms with van der Waals surface area (Å²) in [6.07, 6.45) is 5.34. The largest absolute Gasteiger partial charge is 0.481 e. The summed E-state index contributed by atoms with van der Waals surface area (Å²) in [5, 5.41) is 9.37. The number of fused-ring (bicyclic) bond motifs is 1. The standard InChI is InChI=1S/C16H25NO3/c1-16(2,15(19)20)13-4-3-5-17(9-13)14(18)12-7-10-6-11(10)8-12/h10-13H,3-9H2,1-2H3,(H,19,20). The molecule has 2 aliphatic carbocycles. The summed E-state index contributed by atoms with van der Waals surface area (Å²) in [6.45, 7) is 5.03. The highest BCUT2D eigenvalue weighted by Crippen LogP contribution is 2.54. The summed E-state index contributed by atoms with van der Waals surface area (Å²) in [5.74, 6) is 1.49. The van der Waals surface area contributed by atoms with Gasteiger partial charge in [0.1, 0.15) is 0 Å². The molecule has 0 aromatic carbocycles. The van der Waals surface area contributed by atoms with E-state index in [1.807, 2.05) is 4.90 Å². The summed E-state index contributed by atoms with van der Waals surface area (Å²) < 4.78 is 0. The van der Waals surface area contributed by atoms with Crippen LogP contribution in [0.25, 0.3) is 0 Å². The maximum absolute atomic E-state index is 12.6. The first-order valence-corrected chi connectivity index (χ1v) is 7.91. The van der Waals surface area contributed by atoms with Crippen LogP contribution in [-0.4, -0.2) is 35.0 Å². The van der Waals surface area contributed by atoms with Gasteiger partial charge in [-0.3, -0.25) is 9.59 Å². The summed E-state index contributed by atoms with van der Waals surface area (Å²) >= 11 is 0. The molecule has 1 N–H and O–H groups in total. The number of aliphatic carboxylic acids is 1. The number of carbonyl (C=O) groups is 2. The predicted molar refractivity (Wildman–Crippen MR) is 75.0 cm³/mol. The normalized spacial score (nSPS) is 36.6. The Balaban J connectivity index is 1.63. The van der Waals surface area contributed by atoms with Crippen molar-refractivity contribution in [2.24, 2.45) is 29.1 Å². The Morgan fingerprint density at radius 3 is 2.40 bits per heavy atom. The second-order valence-electron chi connectivity index (χ2n) is 7.57. The smallest absolute Gasteiger partial charge is 0.309 e. The van der Waals surface area contributed by atoms with E-state index < -0.39 is 11.4 Å². The molecule has 2 saturated carbocycles. The summed E-state index contributed by atoms with van der Waals surface area (Å²) in [6, 6.07) is 0. The number of amides is 1. The SMILES string of the molecule is CC(C)(C(=O)O)C1CCCN(C(=O)C2CC3CC3C2)C1. The lowest BCUT2D eigenvalue weighted by Crippen LogP contribution is -2.48. The minimum atomic E-state index is -0.751. The van der Waals surface area contributed by atoms with Gasteiger partial charge in [0.15, 0.2) is 0 Å². The Bertz CT molecular complexity index is 421. The van der Waals surface area contributed by atoms with E-state index in [0.717, 1.165) is 44.1 Å². The molecule has 1 heterocycles. The van der Waals surface area contributed by atoms with E-state index >= 15 is 0 Å². The lowest BCUT2D eigenvalue weighted by Gasteiger charge is -2.40. The van der Waals surface area contributed by atoms with Crippen LogP contribution >= 0.6 is 0 Å². The molecule has 3 rings (SSSR count). The number of carboxylic acid groups (broad SMARTS) is 1. The third kappa shape index (κ3) is 2.33. The highest BCUT2D eigenvalue weighted by atomic mass is 16.4. The molecule has 3 fully saturated rings. The van der Waals surface area contributed by atoms with Gasteiger partial charge in [-0.25, -0.2) is 0 Å². The van der Waals surface area contributed by atoms with Crippen LogP contribution in [-0.2, 0) is 9.59 Å². The molecular weight excluding hydrogens is 254 g/mol. The number of likely N-dealkylation sites (tertiary alicyclic amines) is 1. The average Bonchev–Trinajstić information content (AvgIpc) is 3.04. The van der Waals surface area contributed by atoms with Crippen molar-refractivity contribution in [3.8, 4) is 0 Å². The second kappa shape index (κ2) is 4.74. The van der Waals surface area contributed by atoms with Crippen molar-refractivity contribution < 1.29 is 14.7 Å². The lowest BCUT2D eigenvalue weighted by molar-refractivity contribution is -0.153. The Morgan fingerprint density at radius 2 is 1.80 bits per heavy atom. The number of piperidine rings is 1. The number of carboxylic acids is 1. The maximum atomic E-state index is 12.6. The van der Waals surface area contributed by atoms with Gasteiger partial charge in [-0.05, 0) is 63.7 Å². The fourth-order valence-corrected chi connectivity index (χ4v) is 4.12. The van der Waals surface area contributed by atoms with E-state index in [1.165, 1.54) is 6.42 Å². The van der Waals surface area contributed by atoms with Crippen LogP contribution in [0.1, 0.15) is 46.0 Å². The Labute approximate surface area is 120 Å². The van der Waals surface area contributed by atoms with Crippen molar-refractivity contribution >= 4 is 11.9 Å². The van der Waals surface area contributed by atoms with Crippen molar-refractivity contribution in [1.82, 2.24) is 4.90 Å². The number of nitrogens with zero attached hydrogens (tertiary/aromatic N) is 1. The molecule has 0 bridgehead atoms. The quantitative estimate of drug-likeness (QED) is 0.863. The van der Waals surface area contributed by atoms with E-state index in [1.54, 1.807) is 13.8 Å². The first-order valence-electron chi connectivity index (χ1n) is 7.91. The zero-order valence-electron chi connectivity index (χ0n) is 12.5. The van der Waals surface area contributed by atoms with E-state index in [-0.39, 0.29) is 11.8 Å². The van der Waals surface area contributed by atoms with E-state index in [9.17, 15) is 14.7 Å². The first-order chi connectivity index (χ1) is 9.39. The molecule has 1 saturated heterocycles. The number of carbonyl (C=O) groups excluding carboxylic acids is 1. The van der Waals surface area contributed by atoms with Crippen LogP contribution in [0.15, 0.2) is 0 Å². The Kier molecular flexibility index (Phi) is 3.30. The minimum Gasteiger partial charge on any atom is -0.481 e. The van der Waals surface area contributed by atoms with Gasteiger partial charge in [0.2, 0.25) is 5.91 Å². The van der Waals surface area contributed by atoms with E-state index in [0.29, 0.717) is 12.5 Å². The van der Waals surface area contributed by atoms with Gasteiger partial charge >= 0.3 is 5.97 Å². The Morgan fingerprint density at radius 1 is 1.15 bits per heavy atom. The minimum absolute atomic E-state index is 0.0774. The van der Waals surface area contributed by atoms with E-state index in [4.69, 9.17) is 0 Å². The summed E-state index contributed by atoms with van der Waals surface area (Å²) in [4.78, 5) is 25.9. The fraction of sp³-hybridized carbons (Fsp3) is 0.875. The highest BCUT2D eigenvalue weighted by Gasteiger charge is 2.49. The number of hydrogen-bond donors (Lipinski definition) is 1. The van der Waals surface area contributed by atoms with Crippen molar-refractivity contribution in [2.75, 3.05) is 13.1 Å². The van der Waals surface area contributed by atoms with Gasteiger partial charge in [0, 0.05) is 19.0 Å². The van der Waals surface area contributed by atoms with Crippen LogP contribution in [0.5, 0.6) is 0 Å². The molecule has 4 nitrogen and oxygen atoms in total. The van der Waals surface area contributed by atoms with Gasteiger partial charge in [0.25, 0.3) is 0 Å². The second-order valence-corrected chi connectivity index (χ2v) is 7.57. The third-order valence-corrected chi connectivity index (χ3v) is 5.90. The van der Waals surface area contributed by atoms with Gasteiger partial charge in [-0.15, -0.1) is 0 Å². The molecule has 0 spiro atoms. The number of rotatable bonds is 3. The van der Waals surface area contributed by atoms with E-state index in [2.05, 4.69) is 0 Å². The van der Waals surface area contributed by atoms with Gasteiger partial charge in [-0.2, -0.15) is 0 Å². The van der Waals surface area contributed by atoms with Crippen LogP contribution in [0.4, 0.5) is 0 Å². The van der Waals surface area contributed by atoms with Gasteiger partial charge < -0.3 is 10.0 Å².